The number of hydrogen-bond donors (Lipinski definition) is 1. The molecule has 0 amide bonds. The van der Waals surface area contributed by atoms with E-state index in [0.717, 1.165) is 0 Å². The third-order valence-corrected chi connectivity index (χ3v) is 5.19. The molecular weight excluding hydrogens is 320 g/mol. The van der Waals surface area contributed by atoms with E-state index in [4.69, 9.17) is 9.52 Å². The van der Waals surface area contributed by atoms with Crippen LogP contribution in [0.3, 0.4) is 0 Å². The second kappa shape index (κ2) is 4.75. The first-order valence-corrected chi connectivity index (χ1v) is 7.76. The molecule has 1 saturated heterocycles. The van der Waals surface area contributed by atoms with Gasteiger partial charge in [-0.15, -0.1) is 0 Å². The van der Waals surface area contributed by atoms with Gasteiger partial charge in [0, 0.05) is 17.9 Å². The molecule has 0 saturated carbocycles. The van der Waals surface area contributed by atoms with Gasteiger partial charge >= 0.3 is 5.97 Å². The van der Waals surface area contributed by atoms with Gasteiger partial charge in [-0.25, -0.2) is 17.2 Å². The lowest BCUT2D eigenvalue weighted by molar-refractivity contribution is -0.141. The molecule has 1 aromatic carbocycles. The van der Waals surface area contributed by atoms with E-state index in [2.05, 4.69) is 0 Å². The van der Waals surface area contributed by atoms with E-state index in [1.54, 1.807) is 18.2 Å². The molecular formula is C13H11F2NO5S. The minimum Gasteiger partial charge on any atom is -0.480 e. The number of benzene rings is 1. The van der Waals surface area contributed by atoms with Crippen molar-refractivity contribution in [1.29, 1.82) is 0 Å². The number of halogens is 2. The van der Waals surface area contributed by atoms with E-state index < -0.39 is 46.0 Å². The van der Waals surface area contributed by atoms with Gasteiger partial charge in [0.05, 0.1) is 6.54 Å². The maximum atomic E-state index is 13.5. The molecule has 0 bridgehead atoms. The van der Waals surface area contributed by atoms with E-state index in [1.165, 1.54) is 12.1 Å². The number of sulfonamides is 1. The van der Waals surface area contributed by atoms with Crippen molar-refractivity contribution in [3.8, 4) is 0 Å². The molecule has 0 spiro atoms. The zero-order valence-corrected chi connectivity index (χ0v) is 11.9. The summed E-state index contributed by atoms with van der Waals surface area (Å²) in [5.74, 6) is -5.00. The van der Waals surface area contributed by atoms with Gasteiger partial charge in [-0.2, -0.15) is 4.31 Å². The fourth-order valence-corrected chi connectivity index (χ4v) is 4.01. The Kier molecular flexibility index (Phi) is 3.22. The highest BCUT2D eigenvalue weighted by Gasteiger charge is 2.53. The van der Waals surface area contributed by atoms with E-state index in [9.17, 15) is 22.0 Å². The Morgan fingerprint density at radius 3 is 2.68 bits per heavy atom. The minimum atomic E-state index is -4.46. The summed E-state index contributed by atoms with van der Waals surface area (Å²) in [7, 11) is -4.46. The van der Waals surface area contributed by atoms with E-state index in [1.807, 2.05) is 0 Å². The molecule has 0 unspecified atom stereocenters. The number of aliphatic carboxylic acids is 1. The number of carboxylic acid groups (broad SMARTS) is 1. The second-order valence-corrected chi connectivity index (χ2v) is 6.89. The van der Waals surface area contributed by atoms with Crippen LogP contribution in [0.15, 0.2) is 39.8 Å². The Morgan fingerprint density at radius 1 is 1.36 bits per heavy atom. The van der Waals surface area contributed by atoms with Gasteiger partial charge in [0.1, 0.15) is 11.6 Å². The maximum absolute atomic E-state index is 13.5. The molecule has 1 aliphatic rings. The Balaban J connectivity index is 2.06. The van der Waals surface area contributed by atoms with E-state index in [0.29, 0.717) is 5.39 Å². The van der Waals surface area contributed by atoms with Crippen LogP contribution in [0.4, 0.5) is 8.78 Å². The minimum absolute atomic E-state index is 0.277. The molecule has 9 heteroatoms. The number of carboxylic acids is 1. The predicted molar refractivity (Wildman–Crippen MR) is 71.1 cm³/mol. The first-order valence-electron chi connectivity index (χ1n) is 6.32. The number of hydrogen-bond acceptors (Lipinski definition) is 4. The standard InChI is InChI=1S/C13H11F2NO5S/c14-13(15)6-9(12(17)18)16(7-13)22(19,20)11-5-8-3-1-2-4-10(8)21-11/h1-5,9H,6-7H2,(H,17,18)/t9-/m0/s1. The van der Waals surface area contributed by atoms with Crippen LogP contribution in [-0.2, 0) is 14.8 Å². The number of nitrogens with zero attached hydrogens (tertiary/aromatic N) is 1. The molecule has 22 heavy (non-hydrogen) atoms. The molecule has 6 nitrogen and oxygen atoms in total. The van der Waals surface area contributed by atoms with Crippen LogP contribution < -0.4 is 0 Å². The molecule has 1 N–H and O–H groups in total. The molecule has 0 aliphatic carbocycles. The Morgan fingerprint density at radius 2 is 2.05 bits per heavy atom. The molecule has 1 atom stereocenters. The van der Waals surface area contributed by atoms with Gasteiger partial charge in [0.25, 0.3) is 15.9 Å². The largest absolute Gasteiger partial charge is 0.480 e. The molecule has 3 rings (SSSR count). The summed E-state index contributed by atoms with van der Waals surface area (Å²) >= 11 is 0. The number of rotatable bonds is 3. The Bertz CT molecular complexity index is 812. The Labute approximate surface area is 124 Å². The summed E-state index contributed by atoms with van der Waals surface area (Å²) in [4.78, 5) is 11.1. The lowest BCUT2D eigenvalue weighted by Crippen LogP contribution is -2.40. The Hall–Kier alpha value is -2.00. The van der Waals surface area contributed by atoms with Gasteiger partial charge in [0.15, 0.2) is 0 Å². The normalized spacial score (nSPS) is 22.2. The van der Waals surface area contributed by atoms with Gasteiger partial charge in [-0.3, -0.25) is 4.79 Å². The fraction of sp³-hybridized carbons (Fsp3) is 0.308. The molecule has 1 aromatic heterocycles. The van der Waals surface area contributed by atoms with Crippen molar-refractivity contribution in [2.24, 2.45) is 0 Å². The number of para-hydroxylation sites is 1. The van der Waals surface area contributed by atoms with E-state index in [-0.39, 0.29) is 9.89 Å². The topological polar surface area (TPSA) is 87.8 Å². The van der Waals surface area contributed by atoms with Gasteiger partial charge in [0.2, 0.25) is 5.09 Å². The van der Waals surface area contributed by atoms with Crippen molar-refractivity contribution < 1.29 is 31.5 Å². The molecule has 118 valence electrons. The molecule has 2 aromatic rings. The van der Waals surface area contributed by atoms with Crippen molar-refractivity contribution in [3.63, 3.8) is 0 Å². The quantitative estimate of drug-likeness (QED) is 0.928. The summed E-state index contributed by atoms with van der Waals surface area (Å²) in [5, 5.41) is 8.94. The lowest BCUT2D eigenvalue weighted by atomic mass is 10.2. The summed E-state index contributed by atoms with van der Waals surface area (Å²) in [6.45, 7) is -1.18. The van der Waals surface area contributed by atoms with Crippen LogP contribution in [-0.4, -0.2) is 42.3 Å². The van der Waals surface area contributed by atoms with Crippen LogP contribution >= 0.6 is 0 Å². The van der Waals surface area contributed by atoms with Gasteiger partial charge in [-0.1, -0.05) is 18.2 Å². The smallest absolute Gasteiger partial charge is 0.322 e. The van der Waals surface area contributed by atoms with Crippen molar-refractivity contribution in [1.82, 2.24) is 4.31 Å². The highest BCUT2D eigenvalue weighted by Crippen LogP contribution is 2.37. The van der Waals surface area contributed by atoms with Gasteiger partial charge in [-0.05, 0) is 6.07 Å². The highest BCUT2D eigenvalue weighted by atomic mass is 32.2. The lowest BCUT2D eigenvalue weighted by Gasteiger charge is -2.18. The van der Waals surface area contributed by atoms with Crippen LogP contribution in [0.1, 0.15) is 6.42 Å². The average Bonchev–Trinajstić information content (AvgIpc) is 2.99. The zero-order chi connectivity index (χ0) is 16.1. The highest BCUT2D eigenvalue weighted by molar-refractivity contribution is 7.89. The number of fused-ring (bicyclic) bond motifs is 1. The van der Waals surface area contributed by atoms with Crippen LogP contribution in [0.25, 0.3) is 11.0 Å². The summed E-state index contributed by atoms with van der Waals surface area (Å²) in [5.41, 5.74) is 0.277. The average molecular weight is 331 g/mol. The maximum Gasteiger partial charge on any atom is 0.322 e. The zero-order valence-electron chi connectivity index (χ0n) is 11.1. The SMILES string of the molecule is O=C(O)[C@@H]1CC(F)(F)CN1S(=O)(=O)c1cc2ccccc2o1. The van der Waals surface area contributed by atoms with E-state index >= 15 is 0 Å². The molecule has 1 aliphatic heterocycles. The third-order valence-electron chi connectivity index (χ3n) is 3.48. The van der Waals surface area contributed by atoms with Gasteiger partial charge < -0.3 is 9.52 Å². The summed E-state index contributed by atoms with van der Waals surface area (Å²) in [6.07, 6.45) is -1.05. The van der Waals surface area contributed by atoms with Crippen molar-refractivity contribution >= 4 is 27.0 Å². The van der Waals surface area contributed by atoms with Crippen molar-refractivity contribution in [2.45, 2.75) is 23.5 Å². The van der Waals surface area contributed by atoms with Crippen molar-refractivity contribution in [3.05, 3.63) is 30.3 Å². The molecule has 2 heterocycles. The number of alkyl halides is 2. The number of carbonyl (C=O) groups is 1. The molecule has 1 fully saturated rings. The third kappa shape index (κ3) is 2.35. The summed E-state index contributed by atoms with van der Waals surface area (Å²) < 4.78 is 57.3. The predicted octanol–water partition coefficient (Wildman–Crippen LogP) is 1.92. The van der Waals surface area contributed by atoms with Crippen LogP contribution in [0.5, 0.6) is 0 Å². The number of furan rings is 1. The molecule has 0 radical (unpaired) electrons. The summed E-state index contributed by atoms with van der Waals surface area (Å²) in [6, 6.07) is 5.81. The monoisotopic (exact) mass is 331 g/mol. The van der Waals surface area contributed by atoms with Crippen molar-refractivity contribution in [2.75, 3.05) is 6.54 Å². The second-order valence-electron chi connectivity index (χ2n) is 5.07. The fourth-order valence-electron chi connectivity index (χ4n) is 2.45. The van der Waals surface area contributed by atoms with Crippen LogP contribution in [0.2, 0.25) is 0 Å². The first kappa shape index (κ1) is 14.9. The van der Waals surface area contributed by atoms with Crippen LogP contribution in [0, 0.1) is 0 Å². The first-order chi connectivity index (χ1) is 10.2.